The van der Waals surface area contributed by atoms with E-state index in [0.717, 1.165) is 27.9 Å². The summed E-state index contributed by atoms with van der Waals surface area (Å²) in [6.45, 7) is 5.68. The number of rotatable bonds is 5. The van der Waals surface area contributed by atoms with E-state index in [2.05, 4.69) is 15.4 Å². The SMILES string of the molecule is Cc1ccc(Cl)cc1NC(=O)COc1cc(C)c2c(C)nn(-c3ccccc3)c2n1. The van der Waals surface area contributed by atoms with Crippen molar-refractivity contribution in [3.63, 3.8) is 0 Å². The van der Waals surface area contributed by atoms with Crippen LogP contribution in [-0.4, -0.2) is 27.3 Å². The van der Waals surface area contributed by atoms with Gasteiger partial charge in [0.05, 0.1) is 11.4 Å². The van der Waals surface area contributed by atoms with E-state index in [9.17, 15) is 4.79 Å². The number of nitrogens with one attached hydrogen (secondary N) is 1. The van der Waals surface area contributed by atoms with Gasteiger partial charge < -0.3 is 10.1 Å². The third kappa shape index (κ3) is 4.00. The van der Waals surface area contributed by atoms with E-state index in [4.69, 9.17) is 16.3 Å². The molecule has 0 aliphatic heterocycles. The summed E-state index contributed by atoms with van der Waals surface area (Å²) in [7, 11) is 0. The molecule has 7 heteroatoms. The third-order valence-electron chi connectivity index (χ3n) is 4.81. The minimum Gasteiger partial charge on any atom is -0.467 e. The van der Waals surface area contributed by atoms with Crippen LogP contribution in [0.3, 0.4) is 0 Å². The minimum atomic E-state index is -0.285. The van der Waals surface area contributed by atoms with Gasteiger partial charge in [0.1, 0.15) is 0 Å². The van der Waals surface area contributed by atoms with Gasteiger partial charge >= 0.3 is 0 Å². The number of carbonyl (C=O) groups is 1. The Morgan fingerprint density at radius 1 is 1.07 bits per heavy atom. The number of halogens is 1. The first-order valence-electron chi connectivity index (χ1n) is 9.53. The fraction of sp³-hybridized carbons (Fsp3) is 0.174. The summed E-state index contributed by atoms with van der Waals surface area (Å²) >= 11 is 6.01. The number of aryl methyl sites for hydroxylation is 3. The van der Waals surface area contributed by atoms with Gasteiger partial charge in [0.15, 0.2) is 12.3 Å². The molecule has 0 spiro atoms. The number of hydrogen-bond donors (Lipinski definition) is 1. The number of fused-ring (bicyclic) bond motifs is 1. The lowest BCUT2D eigenvalue weighted by Gasteiger charge is -2.10. The zero-order valence-electron chi connectivity index (χ0n) is 16.9. The molecule has 1 N–H and O–H groups in total. The number of aromatic nitrogens is 3. The molecule has 6 nitrogen and oxygen atoms in total. The van der Waals surface area contributed by atoms with E-state index in [-0.39, 0.29) is 12.5 Å². The second kappa shape index (κ2) is 8.16. The lowest BCUT2D eigenvalue weighted by molar-refractivity contribution is -0.118. The number of ether oxygens (including phenoxy) is 1. The van der Waals surface area contributed by atoms with Crippen LogP contribution in [0.4, 0.5) is 5.69 Å². The van der Waals surface area contributed by atoms with Gasteiger partial charge in [-0.2, -0.15) is 10.1 Å². The van der Waals surface area contributed by atoms with Crippen molar-refractivity contribution in [1.29, 1.82) is 0 Å². The molecule has 0 unspecified atom stereocenters. The first kappa shape index (κ1) is 19.9. The van der Waals surface area contributed by atoms with Crippen molar-refractivity contribution < 1.29 is 9.53 Å². The molecule has 4 rings (SSSR count). The predicted molar refractivity (Wildman–Crippen MR) is 119 cm³/mol. The third-order valence-corrected chi connectivity index (χ3v) is 5.05. The van der Waals surface area contributed by atoms with Gasteiger partial charge in [-0.3, -0.25) is 4.79 Å². The highest BCUT2D eigenvalue weighted by molar-refractivity contribution is 6.31. The van der Waals surface area contributed by atoms with Crippen molar-refractivity contribution >= 4 is 34.2 Å². The molecular weight excluding hydrogens is 400 g/mol. The highest BCUT2D eigenvalue weighted by atomic mass is 35.5. The number of benzene rings is 2. The molecule has 0 bridgehead atoms. The van der Waals surface area contributed by atoms with Gasteiger partial charge in [-0.1, -0.05) is 35.9 Å². The van der Waals surface area contributed by atoms with Crippen molar-refractivity contribution in [3.8, 4) is 11.6 Å². The van der Waals surface area contributed by atoms with Crippen molar-refractivity contribution in [2.45, 2.75) is 20.8 Å². The van der Waals surface area contributed by atoms with Crippen LogP contribution in [0.25, 0.3) is 16.7 Å². The highest BCUT2D eigenvalue weighted by Crippen LogP contribution is 2.26. The summed E-state index contributed by atoms with van der Waals surface area (Å²) in [5, 5.41) is 8.99. The number of hydrogen-bond acceptors (Lipinski definition) is 4. The number of pyridine rings is 1. The van der Waals surface area contributed by atoms with Crippen molar-refractivity contribution in [2.24, 2.45) is 0 Å². The first-order chi connectivity index (χ1) is 14.4. The lowest BCUT2D eigenvalue weighted by Crippen LogP contribution is -2.21. The van der Waals surface area contributed by atoms with E-state index in [0.29, 0.717) is 22.2 Å². The summed E-state index contributed by atoms with van der Waals surface area (Å²) in [5.74, 6) is 0.0858. The minimum absolute atomic E-state index is 0.164. The van der Waals surface area contributed by atoms with E-state index in [1.165, 1.54) is 0 Å². The number of anilines is 1. The zero-order valence-corrected chi connectivity index (χ0v) is 17.7. The Bertz CT molecular complexity index is 1240. The summed E-state index contributed by atoms with van der Waals surface area (Å²) < 4.78 is 7.49. The second-order valence-corrected chi connectivity index (χ2v) is 7.54. The molecule has 0 aliphatic carbocycles. The van der Waals surface area contributed by atoms with Crippen molar-refractivity contribution in [3.05, 3.63) is 76.4 Å². The van der Waals surface area contributed by atoms with Crippen molar-refractivity contribution in [2.75, 3.05) is 11.9 Å². The largest absolute Gasteiger partial charge is 0.467 e. The zero-order chi connectivity index (χ0) is 21.3. The molecule has 152 valence electrons. The average molecular weight is 421 g/mol. The van der Waals surface area contributed by atoms with E-state index >= 15 is 0 Å². The van der Waals surface area contributed by atoms with Crippen LogP contribution in [0.5, 0.6) is 5.88 Å². The summed E-state index contributed by atoms with van der Waals surface area (Å²) in [6, 6.07) is 17.0. The maximum Gasteiger partial charge on any atom is 0.262 e. The molecule has 0 aliphatic rings. The molecule has 4 aromatic rings. The normalized spacial score (nSPS) is 10.9. The Balaban J connectivity index is 1.57. The van der Waals surface area contributed by atoms with Gasteiger partial charge in [0.2, 0.25) is 5.88 Å². The van der Waals surface area contributed by atoms with Crippen molar-refractivity contribution in [1.82, 2.24) is 14.8 Å². The predicted octanol–water partition coefficient (Wildman–Crippen LogP) is 5.02. The molecule has 2 aromatic heterocycles. The van der Waals surface area contributed by atoms with Crippen LogP contribution in [-0.2, 0) is 4.79 Å². The molecule has 1 amide bonds. The van der Waals surface area contributed by atoms with Gasteiger partial charge in [-0.05, 0) is 56.2 Å². The monoisotopic (exact) mass is 420 g/mol. The highest BCUT2D eigenvalue weighted by Gasteiger charge is 2.15. The Kier molecular flexibility index (Phi) is 5.42. The van der Waals surface area contributed by atoms with Crippen LogP contribution in [0.2, 0.25) is 5.02 Å². The molecule has 2 aromatic carbocycles. The Morgan fingerprint density at radius 2 is 1.83 bits per heavy atom. The maximum absolute atomic E-state index is 12.4. The standard InChI is InChI=1S/C23H21ClN4O2/c1-14-9-10-17(24)12-19(14)25-20(29)13-30-21-11-15(2)22-16(3)27-28(23(22)26-21)18-7-5-4-6-8-18/h4-12H,13H2,1-3H3,(H,25,29). The lowest BCUT2D eigenvalue weighted by atomic mass is 10.2. The van der Waals surface area contributed by atoms with E-state index in [1.807, 2.05) is 63.2 Å². The summed E-state index contributed by atoms with van der Waals surface area (Å²) in [5.41, 5.74) is 5.06. The van der Waals surface area contributed by atoms with Gasteiger partial charge in [0, 0.05) is 22.2 Å². The Morgan fingerprint density at radius 3 is 2.60 bits per heavy atom. The Hall–Kier alpha value is -3.38. The summed E-state index contributed by atoms with van der Waals surface area (Å²) in [4.78, 5) is 17.0. The maximum atomic E-state index is 12.4. The number of nitrogens with zero attached hydrogens (tertiary/aromatic N) is 3. The van der Waals surface area contributed by atoms with Gasteiger partial charge in [-0.25, -0.2) is 4.68 Å². The molecule has 30 heavy (non-hydrogen) atoms. The Labute approximate surface area is 179 Å². The van der Waals surface area contributed by atoms with Crippen LogP contribution in [0, 0.1) is 20.8 Å². The van der Waals surface area contributed by atoms with Crippen LogP contribution >= 0.6 is 11.6 Å². The average Bonchev–Trinajstić information content (AvgIpc) is 3.07. The van der Waals surface area contributed by atoms with E-state index in [1.54, 1.807) is 16.8 Å². The number of para-hydroxylation sites is 1. The van der Waals surface area contributed by atoms with Crippen LogP contribution < -0.4 is 10.1 Å². The van der Waals surface area contributed by atoms with Crippen LogP contribution in [0.15, 0.2) is 54.6 Å². The van der Waals surface area contributed by atoms with Gasteiger partial charge in [-0.15, -0.1) is 0 Å². The fourth-order valence-corrected chi connectivity index (χ4v) is 3.52. The van der Waals surface area contributed by atoms with Gasteiger partial charge in [0.25, 0.3) is 5.91 Å². The molecular formula is C23H21ClN4O2. The molecule has 0 saturated heterocycles. The molecule has 0 atom stereocenters. The molecule has 0 fully saturated rings. The fourth-order valence-electron chi connectivity index (χ4n) is 3.35. The first-order valence-corrected chi connectivity index (χ1v) is 9.91. The second-order valence-electron chi connectivity index (χ2n) is 7.10. The smallest absolute Gasteiger partial charge is 0.262 e. The topological polar surface area (TPSA) is 69.0 Å². The van der Waals surface area contributed by atoms with Crippen LogP contribution in [0.1, 0.15) is 16.8 Å². The number of carbonyl (C=O) groups excluding carboxylic acids is 1. The molecule has 0 radical (unpaired) electrons. The quantitative estimate of drug-likeness (QED) is 0.492. The number of amides is 1. The van der Waals surface area contributed by atoms with E-state index < -0.39 is 0 Å². The molecule has 0 saturated carbocycles. The molecule has 2 heterocycles. The summed E-state index contributed by atoms with van der Waals surface area (Å²) in [6.07, 6.45) is 0.